The topological polar surface area (TPSA) is 24.5 Å². The summed E-state index contributed by atoms with van der Waals surface area (Å²) >= 11 is 0. The van der Waals surface area contributed by atoms with Crippen LogP contribution in [-0.2, 0) is 17.9 Å². The van der Waals surface area contributed by atoms with Crippen LogP contribution < -0.4 is 5.32 Å². The number of rotatable bonds is 5. The molecule has 0 aliphatic carbocycles. The highest BCUT2D eigenvalue weighted by Gasteiger charge is 2.31. The van der Waals surface area contributed by atoms with Crippen molar-refractivity contribution in [1.29, 1.82) is 0 Å². The third kappa shape index (κ3) is 3.85. The Balaban J connectivity index is 1.63. The summed E-state index contributed by atoms with van der Waals surface area (Å²) in [5.74, 6) is 0. The number of likely N-dealkylation sites (tertiary alicyclic amines) is 1. The first-order valence-corrected chi connectivity index (χ1v) is 8.41. The van der Waals surface area contributed by atoms with Crippen LogP contribution in [0.15, 0.2) is 24.3 Å². The molecule has 1 N–H and O–H groups in total. The molecule has 0 radical (unpaired) electrons. The minimum Gasteiger partial charge on any atom is -0.380 e. The van der Waals surface area contributed by atoms with Gasteiger partial charge in [-0.1, -0.05) is 30.7 Å². The maximum atomic E-state index is 5.18. The number of nitrogens with zero attached hydrogens (tertiary/aromatic N) is 1. The zero-order valence-electron chi connectivity index (χ0n) is 13.2. The SMILES string of the molecule is COCc1ccc(CN2CCCCC2C2CCCN2)cc1. The second-order valence-electron chi connectivity index (χ2n) is 6.49. The van der Waals surface area contributed by atoms with Gasteiger partial charge in [-0.25, -0.2) is 0 Å². The number of benzene rings is 1. The Bertz CT molecular complexity index is 425. The van der Waals surface area contributed by atoms with Crippen molar-refractivity contribution >= 4 is 0 Å². The number of ether oxygens (including phenoxy) is 1. The maximum Gasteiger partial charge on any atom is 0.0713 e. The van der Waals surface area contributed by atoms with E-state index in [1.54, 1.807) is 7.11 Å². The second kappa shape index (κ2) is 7.39. The fourth-order valence-electron chi connectivity index (χ4n) is 3.85. The van der Waals surface area contributed by atoms with E-state index in [0.717, 1.165) is 18.6 Å². The molecular weight excluding hydrogens is 260 g/mol. The minimum absolute atomic E-state index is 0.707. The molecular formula is C18H28N2O. The zero-order chi connectivity index (χ0) is 14.5. The van der Waals surface area contributed by atoms with Gasteiger partial charge in [-0.05, 0) is 49.9 Å². The molecule has 0 saturated carbocycles. The van der Waals surface area contributed by atoms with E-state index in [4.69, 9.17) is 4.74 Å². The highest BCUT2D eigenvalue weighted by Crippen LogP contribution is 2.25. The third-order valence-electron chi connectivity index (χ3n) is 4.95. The fourth-order valence-corrected chi connectivity index (χ4v) is 3.85. The molecule has 2 fully saturated rings. The van der Waals surface area contributed by atoms with Crippen molar-refractivity contribution in [3.8, 4) is 0 Å². The van der Waals surface area contributed by atoms with Crippen LogP contribution in [0.2, 0.25) is 0 Å². The van der Waals surface area contributed by atoms with Crippen molar-refractivity contribution in [3.05, 3.63) is 35.4 Å². The summed E-state index contributed by atoms with van der Waals surface area (Å²) < 4.78 is 5.18. The first-order valence-electron chi connectivity index (χ1n) is 8.41. The van der Waals surface area contributed by atoms with Gasteiger partial charge in [0.1, 0.15) is 0 Å². The van der Waals surface area contributed by atoms with Gasteiger partial charge in [-0.3, -0.25) is 4.90 Å². The molecule has 3 heteroatoms. The molecule has 3 nitrogen and oxygen atoms in total. The monoisotopic (exact) mass is 288 g/mol. The molecule has 2 saturated heterocycles. The minimum atomic E-state index is 0.707. The Morgan fingerprint density at radius 1 is 1.10 bits per heavy atom. The molecule has 2 atom stereocenters. The maximum absolute atomic E-state index is 5.18. The Kier molecular flexibility index (Phi) is 5.28. The lowest BCUT2D eigenvalue weighted by atomic mass is 9.94. The molecule has 0 spiro atoms. The molecule has 2 unspecified atom stereocenters. The van der Waals surface area contributed by atoms with E-state index in [1.165, 1.54) is 56.3 Å². The van der Waals surface area contributed by atoms with E-state index < -0.39 is 0 Å². The number of hydrogen-bond donors (Lipinski definition) is 1. The van der Waals surface area contributed by atoms with Gasteiger partial charge < -0.3 is 10.1 Å². The highest BCUT2D eigenvalue weighted by atomic mass is 16.5. The third-order valence-corrected chi connectivity index (χ3v) is 4.95. The van der Waals surface area contributed by atoms with Crippen LogP contribution >= 0.6 is 0 Å². The van der Waals surface area contributed by atoms with Gasteiger partial charge in [0.2, 0.25) is 0 Å². The van der Waals surface area contributed by atoms with Crippen LogP contribution in [0, 0.1) is 0 Å². The van der Waals surface area contributed by atoms with Crippen LogP contribution in [0.4, 0.5) is 0 Å². The Morgan fingerprint density at radius 2 is 1.90 bits per heavy atom. The van der Waals surface area contributed by atoms with Crippen LogP contribution in [0.3, 0.4) is 0 Å². The molecule has 116 valence electrons. The van der Waals surface area contributed by atoms with Crippen molar-refractivity contribution in [2.24, 2.45) is 0 Å². The smallest absolute Gasteiger partial charge is 0.0713 e. The van der Waals surface area contributed by atoms with E-state index in [2.05, 4.69) is 34.5 Å². The Hall–Kier alpha value is -0.900. The molecule has 3 rings (SSSR count). The second-order valence-corrected chi connectivity index (χ2v) is 6.49. The summed E-state index contributed by atoms with van der Waals surface area (Å²) in [6.07, 6.45) is 6.81. The van der Waals surface area contributed by atoms with Crippen LogP contribution in [0.25, 0.3) is 0 Å². The van der Waals surface area contributed by atoms with Crippen molar-refractivity contribution in [2.75, 3.05) is 20.2 Å². The van der Waals surface area contributed by atoms with Crippen LogP contribution in [0.1, 0.15) is 43.2 Å². The largest absolute Gasteiger partial charge is 0.380 e. The summed E-state index contributed by atoms with van der Waals surface area (Å²) in [7, 11) is 1.75. The zero-order valence-corrected chi connectivity index (χ0v) is 13.2. The number of hydrogen-bond acceptors (Lipinski definition) is 3. The Labute approximate surface area is 128 Å². The molecule has 1 aromatic rings. The molecule has 2 heterocycles. The van der Waals surface area contributed by atoms with Gasteiger partial charge >= 0.3 is 0 Å². The molecule has 2 aliphatic heterocycles. The molecule has 2 aliphatic rings. The van der Waals surface area contributed by atoms with Crippen molar-refractivity contribution in [2.45, 2.75) is 57.3 Å². The van der Waals surface area contributed by atoms with Crippen molar-refractivity contribution in [3.63, 3.8) is 0 Å². The van der Waals surface area contributed by atoms with Gasteiger partial charge in [-0.2, -0.15) is 0 Å². The number of piperidine rings is 1. The Morgan fingerprint density at radius 3 is 2.62 bits per heavy atom. The molecule has 0 aromatic heterocycles. The standard InChI is InChI=1S/C18H28N2O/c1-21-14-16-9-7-15(8-10-16)13-20-12-3-2-6-18(20)17-5-4-11-19-17/h7-10,17-19H,2-6,11-14H2,1H3. The first-order chi connectivity index (χ1) is 10.4. The van der Waals surface area contributed by atoms with Crippen LogP contribution in [0.5, 0.6) is 0 Å². The highest BCUT2D eigenvalue weighted by molar-refractivity contribution is 5.22. The lowest BCUT2D eigenvalue weighted by Crippen LogP contribution is -2.49. The van der Waals surface area contributed by atoms with Crippen LogP contribution in [-0.4, -0.2) is 37.2 Å². The van der Waals surface area contributed by atoms with E-state index in [1.807, 2.05) is 0 Å². The number of methoxy groups -OCH3 is 1. The summed E-state index contributed by atoms with van der Waals surface area (Å²) in [6.45, 7) is 4.26. The van der Waals surface area contributed by atoms with Gasteiger partial charge in [0, 0.05) is 25.7 Å². The summed E-state index contributed by atoms with van der Waals surface area (Å²) in [5, 5.41) is 3.71. The predicted octanol–water partition coefficient (Wildman–Crippen LogP) is 2.94. The van der Waals surface area contributed by atoms with Gasteiger partial charge in [-0.15, -0.1) is 0 Å². The van der Waals surface area contributed by atoms with Crippen molar-refractivity contribution < 1.29 is 4.74 Å². The fraction of sp³-hybridized carbons (Fsp3) is 0.667. The summed E-state index contributed by atoms with van der Waals surface area (Å²) in [5.41, 5.74) is 2.69. The molecule has 1 aromatic carbocycles. The van der Waals surface area contributed by atoms with E-state index >= 15 is 0 Å². The number of nitrogens with one attached hydrogen (secondary N) is 1. The summed E-state index contributed by atoms with van der Waals surface area (Å²) in [4.78, 5) is 2.71. The lowest BCUT2D eigenvalue weighted by molar-refractivity contribution is 0.112. The predicted molar refractivity (Wildman–Crippen MR) is 86.2 cm³/mol. The van der Waals surface area contributed by atoms with Gasteiger partial charge in [0.15, 0.2) is 0 Å². The van der Waals surface area contributed by atoms with Crippen molar-refractivity contribution in [1.82, 2.24) is 10.2 Å². The first kappa shape index (κ1) is 15.0. The average Bonchev–Trinajstić information content (AvgIpc) is 3.04. The molecule has 21 heavy (non-hydrogen) atoms. The molecule has 0 bridgehead atoms. The molecule has 0 amide bonds. The quantitative estimate of drug-likeness (QED) is 0.901. The summed E-state index contributed by atoms with van der Waals surface area (Å²) in [6, 6.07) is 10.4. The average molecular weight is 288 g/mol. The van der Waals surface area contributed by atoms with E-state index in [9.17, 15) is 0 Å². The lowest BCUT2D eigenvalue weighted by Gasteiger charge is -2.39. The van der Waals surface area contributed by atoms with Gasteiger partial charge in [0.25, 0.3) is 0 Å². The van der Waals surface area contributed by atoms with E-state index in [-0.39, 0.29) is 0 Å². The van der Waals surface area contributed by atoms with Gasteiger partial charge in [0.05, 0.1) is 6.61 Å². The normalized spacial score (nSPS) is 27.1. The van der Waals surface area contributed by atoms with E-state index in [0.29, 0.717) is 6.61 Å².